The van der Waals surface area contributed by atoms with E-state index in [1.54, 1.807) is 10.6 Å². The van der Waals surface area contributed by atoms with Gasteiger partial charge >= 0.3 is 0 Å². The van der Waals surface area contributed by atoms with Crippen LogP contribution in [0.3, 0.4) is 0 Å². The quantitative estimate of drug-likeness (QED) is 0.427. The molecule has 0 amide bonds. The van der Waals surface area contributed by atoms with Crippen LogP contribution in [0, 0.1) is 0 Å². The summed E-state index contributed by atoms with van der Waals surface area (Å²) in [5.74, 6) is 0. The van der Waals surface area contributed by atoms with Crippen molar-refractivity contribution in [1.82, 2.24) is 0 Å². The molecule has 0 saturated carbocycles. The van der Waals surface area contributed by atoms with Crippen molar-refractivity contribution in [2.24, 2.45) is 0 Å². The number of hydrogen-bond donors (Lipinski definition) is 0. The van der Waals surface area contributed by atoms with Gasteiger partial charge in [-0.3, -0.25) is 0 Å². The highest BCUT2D eigenvalue weighted by molar-refractivity contribution is 8.05. The van der Waals surface area contributed by atoms with Gasteiger partial charge in [0, 0.05) is 0 Å². The molecule has 0 aliphatic carbocycles. The lowest BCUT2D eigenvalue weighted by molar-refractivity contribution is 0.850. The number of hydrogen-bond acceptors (Lipinski definition) is 0. The second-order valence-corrected chi connectivity index (χ2v) is 18.0. The van der Waals surface area contributed by atoms with Crippen molar-refractivity contribution in [3.8, 4) is 0 Å². The van der Waals surface area contributed by atoms with E-state index in [0.29, 0.717) is 0 Å². The Bertz CT molecular complexity index is 528. The maximum Gasteiger partial charge on any atom is 0.0994 e. The zero-order valence-corrected chi connectivity index (χ0v) is 17.3. The Balaban J connectivity index is 2.73. The molecule has 0 fully saturated rings. The monoisotopic (exact) mass is 342 g/mol. The highest BCUT2D eigenvalue weighted by atomic mass is 31.4. The van der Waals surface area contributed by atoms with Gasteiger partial charge in [0.05, 0.1) is 7.74 Å². The summed E-state index contributed by atoms with van der Waals surface area (Å²) in [5, 5.41) is 3.13. The predicted octanol–water partition coefficient (Wildman–Crippen LogP) is 6.29. The minimum Gasteiger partial charge on any atom is -0.0648 e. The standard InChI is InChI=1S/C21H31PSi/c1-17(2)23(18(3)4,19(5)6)22(20-13-9-7-10-14-20)21-15-11-8-12-16-21/h7-19H,1-6H3. The molecular formula is C21H31PSi. The fourth-order valence-corrected chi connectivity index (χ4v) is 20.4. The van der Waals surface area contributed by atoms with Gasteiger partial charge in [-0.1, -0.05) is 110 Å². The average molecular weight is 343 g/mol. The summed E-state index contributed by atoms with van der Waals surface area (Å²) in [7, 11) is -1.85. The van der Waals surface area contributed by atoms with Crippen molar-refractivity contribution in [3.05, 3.63) is 60.7 Å². The van der Waals surface area contributed by atoms with Crippen LogP contribution in [-0.2, 0) is 0 Å². The summed E-state index contributed by atoms with van der Waals surface area (Å²) in [6, 6.07) is 22.6. The molecule has 0 aliphatic rings. The van der Waals surface area contributed by atoms with Gasteiger partial charge in [-0.15, -0.1) is 0 Å². The van der Waals surface area contributed by atoms with E-state index < -0.39 is 7.74 Å². The van der Waals surface area contributed by atoms with Crippen molar-refractivity contribution < 1.29 is 0 Å². The van der Waals surface area contributed by atoms with Gasteiger partial charge in [-0.25, -0.2) is 0 Å². The summed E-state index contributed by atoms with van der Waals surface area (Å²) in [6.45, 7) is 14.9. The molecule has 0 bridgehead atoms. The molecule has 0 unspecified atom stereocenters. The number of rotatable bonds is 6. The van der Waals surface area contributed by atoms with Crippen molar-refractivity contribution in [2.45, 2.75) is 58.2 Å². The van der Waals surface area contributed by atoms with Crippen molar-refractivity contribution in [3.63, 3.8) is 0 Å². The Kier molecular flexibility index (Phi) is 6.23. The molecule has 0 nitrogen and oxygen atoms in total. The first-order chi connectivity index (χ1) is 10.9. The maximum atomic E-state index is 2.48. The van der Waals surface area contributed by atoms with E-state index in [2.05, 4.69) is 102 Å². The van der Waals surface area contributed by atoms with Crippen LogP contribution in [0.1, 0.15) is 41.5 Å². The third-order valence-corrected chi connectivity index (χ3v) is 21.7. The normalized spacial score (nSPS) is 12.6. The van der Waals surface area contributed by atoms with E-state index in [-0.39, 0.29) is 7.47 Å². The molecule has 0 saturated heterocycles. The zero-order chi connectivity index (χ0) is 17.0. The van der Waals surface area contributed by atoms with E-state index in [0.717, 1.165) is 16.6 Å². The minimum atomic E-state index is -1.57. The average Bonchev–Trinajstić information content (AvgIpc) is 2.52. The lowest BCUT2D eigenvalue weighted by Gasteiger charge is -2.49. The topological polar surface area (TPSA) is 0 Å². The molecule has 0 atom stereocenters. The fourth-order valence-electron chi connectivity index (χ4n) is 4.53. The zero-order valence-electron chi connectivity index (χ0n) is 15.5. The van der Waals surface area contributed by atoms with Gasteiger partial charge in [0.25, 0.3) is 0 Å². The first-order valence-electron chi connectivity index (χ1n) is 8.82. The maximum absolute atomic E-state index is 2.48. The first-order valence-corrected chi connectivity index (χ1v) is 13.2. The molecule has 0 heterocycles. The molecule has 2 aromatic carbocycles. The molecule has 2 heteroatoms. The fraction of sp³-hybridized carbons (Fsp3) is 0.429. The highest BCUT2D eigenvalue weighted by Crippen LogP contribution is 2.61. The molecular weight excluding hydrogens is 311 g/mol. The van der Waals surface area contributed by atoms with E-state index in [1.165, 1.54) is 0 Å². The third-order valence-electron chi connectivity index (χ3n) is 5.19. The molecule has 124 valence electrons. The van der Waals surface area contributed by atoms with Crippen molar-refractivity contribution >= 4 is 25.8 Å². The summed E-state index contributed by atoms with van der Waals surface area (Å²) in [5.41, 5.74) is 2.32. The van der Waals surface area contributed by atoms with Crippen LogP contribution in [0.4, 0.5) is 0 Å². The third kappa shape index (κ3) is 3.46. The van der Waals surface area contributed by atoms with E-state index in [1.807, 2.05) is 0 Å². The lowest BCUT2D eigenvalue weighted by atomic mass is 10.4. The van der Waals surface area contributed by atoms with Crippen LogP contribution < -0.4 is 10.6 Å². The van der Waals surface area contributed by atoms with Gasteiger partial charge in [-0.05, 0) is 27.2 Å². The Hall–Kier alpha value is -0.913. The predicted molar refractivity (Wildman–Crippen MR) is 110 cm³/mol. The lowest BCUT2D eigenvalue weighted by Crippen LogP contribution is -2.47. The van der Waals surface area contributed by atoms with Gasteiger partial charge in [0.2, 0.25) is 0 Å². The molecule has 0 radical (unpaired) electrons. The van der Waals surface area contributed by atoms with Gasteiger partial charge < -0.3 is 0 Å². The number of benzene rings is 2. The molecule has 0 aromatic heterocycles. The van der Waals surface area contributed by atoms with Crippen molar-refractivity contribution in [1.29, 1.82) is 0 Å². The van der Waals surface area contributed by atoms with Crippen LogP contribution in [-0.4, -0.2) is 7.74 Å². The highest BCUT2D eigenvalue weighted by Gasteiger charge is 2.49. The van der Waals surface area contributed by atoms with E-state index >= 15 is 0 Å². The molecule has 0 aliphatic heterocycles. The molecule has 23 heavy (non-hydrogen) atoms. The summed E-state index contributed by atoms with van der Waals surface area (Å²) in [4.78, 5) is 0. The van der Waals surface area contributed by atoms with Gasteiger partial charge in [0.15, 0.2) is 0 Å². The molecule has 2 aromatic rings. The van der Waals surface area contributed by atoms with E-state index in [9.17, 15) is 0 Å². The second-order valence-electron chi connectivity index (χ2n) is 7.36. The van der Waals surface area contributed by atoms with Crippen LogP contribution in [0.5, 0.6) is 0 Å². The minimum absolute atomic E-state index is 0.278. The Morgan fingerprint density at radius 3 is 1.13 bits per heavy atom. The van der Waals surface area contributed by atoms with E-state index in [4.69, 9.17) is 0 Å². The molecule has 2 rings (SSSR count). The largest absolute Gasteiger partial charge is 0.0994 e. The van der Waals surface area contributed by atoms with Crippen LogP contribution in [0.2, 0.25) is 16.6 Å². The van der Waals surface area contributed by atoms with Crippen LogP contribution in [0.25, 0.3) is 0 Å². The van der Waals surface area contributed by atoms with Crippen LogP contribution >= 0.6 is 7.47 Å². The van der Waals surface area contributed by atoms with Gasteiger partial charge in [0.1, 0.15) is 0 Å². The second kappa shape index (κ2) is 7.77. The Labute approximate surface area is 145 Å². The van der Waals surface area contributed by atoms with Gasteiger partial charge in [-0.2, -0.15) is 0 Å². The summed E-state index contributed by atoms with van der Waals surface area (Å²) in [6.07, 6.45) is 0. The van der Waals surface area contributed by atoms with Crippen molar-refractivity contribution in [2.75, 3.05) is 0 Å². The Morgan fingerprint density at radius 1 is 0.565 bits per heavy atom. The smallest absolute Gasteiger partial charge is 0.0648 e. The molecule has 0 spiro atoms. The first kappa shape index (κ1) is 18.4. The van der Waals surface area contributed by atoms with Crippen LogP contribution in [0.15, 0.2) is 60.7 Å². The summed E-state index contributed by atoms with van der Waals surface area (Å²) >= 11 is 0. The summed E-state index contributed by atoms with van der Waals surface area (Å²) < 4.78 is 0. The Morgan fingerprint density at radius 2 is 0.870 bits per heavy atom. The molecule has 0 N–H and O–H groups in total. The SMILES string of the molecule is CC(C)[Si](C(C)C)(C(C)C)P(c1ccccc1)c1ccccc1.